The summed E-state index contributed by atoms with van der Waals surface area (Å²) in [6.45, 7) is 1.28. The van der Waals surface area contributed by atoms with Gasteiger partial charge < -0.3 is 4.74 Å². The fourth-order valence-electron chi connectivity index (χ4n) is 1.35. The fraction of sp³-hybridized carbons (Fsp3) is 0.0833. The number of hydrogen-bond acceptors (Lipinski definition) is 4. The Hall–Kier alpha value is -2.43. The number of hydrogen-bond donors (Lipinski definition) is 0. The molecule has 5 nitrogen and oxygen atoms in total. The minimum atomic E-state index is -0.476. The quantitative estimate of drug-likeness (QED) is 0.726. The van der Waals surface area contributed by atoms with Crippen LogP contribution in [0.4, 0.5) is 0 Å². The molecule has 2 aromatic rings. The van der Waals surface area contributed by atoms with Crippen molar-refractivity contribution in [1.82, 2.24) is 9.78 Å². The van der Waals surface area contributed by atoms with Crippen molar-refractivity contribution < 1.29 is 9.53 Å². The number of ether oxygens (including phenoxy) is 1. The standard InChI is InChI=1S/C12H10N2O3/c1-9(15)17-11-7-8-12(16)14(13-11)10-5-3-2-4-6-10/h2-8H,1H3. The molecular formula is C12H10N2O3. The zero-order chi connectivity index (χ0) is 12.3. The highest BCUT2D eigenvalue weighted by Crippen LogP contribution is 2.06. The van der Waals surface area contributed by atoms with E-state index < -0.39 is 5.97 Å². The van der Waals surface area contributed by atoms with Crippen LogP contribution in [-0.4, -0.2) is 15.7 Å². The number of esters is 1. The fourth-order valence-corrected chi connectivity index (χ4v) is 1.35. The molecule has 0 spiro atoms. The lowest BCUT2D eigenvalue weighted by Gasteiger charge is -2.05. The molecule has 0 amide bonds. The topological polar surface area (TPSA) is 61.2 Å². The van der Waals surface area contributed by atoms with Crippen molar-refractivity contribution in [2.75, 3.05) is 0 Å². The Balaban J connectivity index is 2.47. The average molecular weight is 230 g/mol. The molecule has 0 saturated heterocycles. The van der Waals surface area contributed by atoms with Crippen LogP contribution in [0.15, 0.2) is 47.3 Å². The highest BCUT2D eigenvalue weighted by Gasteiger charge is 2.05. The summed E-state index contributed by atoms with van der Waals surface area (Å²) in [5.41, 5.74) is 0.332. The number of aromatic nitrogens is 2. The third-order valence-corrected chi connectivity index (χ3v) is 2.02. The zero-order valence-electron chi connectivity index (χ0n) is 9.16. The SMILES string of the molecule is CC(=O)Oc1ccc(=O)n(-c2ccccc2)n1. The van der Waals surface area contributed by atoms with E-state index in [0.29, 0.717) is 5.69 Å². The van der Waals surface area contributed by atoms with Crippen LogP contribution in [0.2, 0.25) is 0 Å². The first-order valence-electron chi connectivity index (χ1n) is 5.01. The molecule has 2 rings (SSSR count). The van der Waals surface area contributed by atoms with Crippen molar-refractivity contribution in [3.63, 3.8) is 0 Å². The molecule has 1 aromatic heterocycles. The Morgan fingerprint density at radius 2 is 1.88 bits per heavy atom. The number of carbonyl (C=O) groups excluding carboxylic acids is 1. The number of carbonyl (C=O) groups is 1. The maximum Gasteiger partial charge on any atom is 0.309 e. The highest BCUT2D eigenvalue weighted by molar-refractivity contribution is 5.68. The van der Waals surface area contributed by atoms with Gasteiger partial charge in [-0.3, -0.25) is 9.59 Å². The molecule has 0 radical (unpaired) electrons. The zero-order valence-corrected chi connectivity index (χ0v) is 9.16. The van der Waals surface area contributed by atoms with Crippen molar-refractivity contribution in [2.24, 2.45) is 0 Å². The molecule has 0 N–H and O–H groups in total. The predicted molar refractivity (Wildman–Crippen MR) is 61.1 cm³/mol. The molecule has 86 valence electrons. The second-order valence-corrected chi connectivity index (χ2v) is 3.35. The Labute approximate surface area is 97.3 Å². The van der Waals surface area contributed by atoms with Crippen LogP contribution in [0.3, 0.4) is 0 Å². The van der Waals surface area contributed by atoms with E-state index in [1.54, 1.807) is 24.3 Å². The van der Waals surface area contributed by atoms with E-state index >= 15 is 0 Å². The van der Waals surface area contributed by atoms with Crippen LogP contribution >= 0.6 is 0 Å². The molecule has 0 unspecified atom stereocenters. The maximum absolute atomic E-state index is 11.6. The van der Waals surface area contributed by atoms with Gasteiger partial charge in [0, 0.05) is 19.1 Å². The van der Waals surface area contributed by atoms with Gasteiger partial charge in [0.15, 0.2) is 0 Å². The van der Waals surface area contributed by atoms with E-state index in [2.05, 4.69) is 5.10 Å². The minimum absolute atomic E-state index is 0.0981. The normalized spacial score (nSPS) is 9.94. The largest absolute Gasteiger partial charge is 0.406 e. The highest BCUT2D eigenvalue weighted by atomic mass is 16.5. The Kier molecular flexibility index (Phi) is 3.00. The number of rotatable bonds is 2. The molecule has 0 aliphatic heterocycles. The lowest BCUT2D eigenvalue weighted by molar-refractivity contribution is -0.132. The molecule has 0 atom stereocenters. The third kappa shape index (κ3) is 2.57. The first-order valence-corrected chi connectivity index (χ1v) is 5.01. The van der Waals surface area contributed by atoms with Crippen molar-refractivity contribution in [3.05, 3.63) is 52.8 Å². The summed E-state index contributed by atoms with van der Waals surface area (Å²) in [6.07, 6.45) is 0. The van der Waals surface area contributed by atoms with Gasteiger partial charge in [-0.15, -0.1) is 5.10 Å². The van der Waals surface area contributed by atoms with Gasteiger partial charge >= 0.3 is 5.97 Å². The van der Waals surface area contributed by atoms with E-state index in [9.17, 15) is 9.59 Å². The van der Waals surface area contributed by atoms with Crippen LogP contribution in [0.5, 0.6) is 5.88 Å². The average Bonchev–Trinajstić information content (AvgIpc) is 2.32. The number of nitrogens with zero attached hydrogens (tertiary/aromatic N) is 2. The summed E-state index contributed by atoms with van der Waals surface area (Å²) in [7, 11) is 0. The van der Waals surface area contributed by atoms with Gasteiger partial charge in [-0.25, -0.2) is 0 Å². The van der Waals surface area contributed by atoms with Gasteiger partial charge in [-0.1, -0.05) is 18.2 Å². The van der Waals surface area contributed by atoms with Crippen LogP contribution in [-0.2, 0) is 4.79 Å². The van der Waals surface area contributed by atoms with Crippen molar-refractivity contribution in [1.29, 1.82) is 0 Å². The summed E-state index contributed by atoms with van der Waals surface area (Å²) >= 11 is 0. The smallest absolute Gasteiger partial charge is 0.309 e. The van der Waals surface area contributed by atoms with E-state index in [1.165, 1.54) is 23.7 Å². The van der Waals surface area contributed by atoms with Gasteiger partial charge in [0.05, 0.1) is 5.69 Å². The van der Waals surface area contributed by atoms with Gasteiger partial charge in [-0.05, 0) is 12.1 Å². The monoisotopic (exact) mass is 230 g/mol. The molecule has 0 saturated carbocycles. The first-order chi connectivity index (χ1) is 8.16. The predicted octanol–water partition coefficient (Wildman–Crippen LogP) is 1.16. The Bertz CT molecular complexity index is 590. The third-order valence-electron chi connectivity index (χ3n) is 2.02. The Morgan fingerprint density at radius 1 is 1.18 bits per heavy atom. The summed E-state index contributed by atoms with van der Waals surface area (Å²) in [5.74, 6) is -0.378. The number of para-hydroxylation sites is 1. The second kappa shape index (κ2) is 4.61. The lowest BCUT2D eigenvalue weighted by atomic mass is 10.3. The summed E-state index contributed by atoms with van der Waals surface area (Å²) in [6, 6.07) is 11.6. The molecule has 0 bridgehead atoms. The van der Waals surface area contributed by atoms with E-state index in [1.807, 2.05) is 6.07 Å². The van der Waals surface area contributed by atoms with Gasteiger partial charge in [0.1, 0.15) is 0 Å². The van der Waals surface area contributed by atoms with Crippen molar-refractivity contribution >= 4 is 5.97 Å². The summed E-state index contributed by atoms with van der Waals surface area (Å²) in [5, 5.41) is 3.94. The van der Waals surface area contributed by atoms with E-state index in [4.69, 9.17) is 4.74 Å². The Morgan fingerprint density at radius 3 is 2.53 bits per heavy atom. The van der Waals surface area contributed by atoms with Gasteiger partial charge in [0.25, 0.3) is 5.56 Å². The number of benzene rings is 1. The van der Waals surface area contributed by atoms with Gasteiger partial charge in [-0.2, -0.15) is 4.68 Å². The van der Waals surface area contributed by atoms with E-state index in [-0.39, 0.29) is 11.4 Å². The summed E-state index contributed by atoms with van der Waals surface area (Å²) in [4.78, 5) is 22.4. The molecule has 0 aliphatic carbocycles. The van der Waals surface area contributed by atoms with Crippen molar-refractivity contribution in [3.8, 4) is 11.6 Å². The molecule has 17 heavy (non-hydrogen) atoms. The van der Waals surface area contributed by atoms with Crippen LogP contribution in [0.1, 0.15) is 6.92 Å². The molecule has 0 fully saturated rings. The van der Waals surface area contributed by atoms with Crippen LogP contribution in [0.25, 0.3) is 5.69 Å². The molecule has 0 aliphatic rings. The first kappa shape index (κ1) is 11.1. The summed E-state index contributed by atoms with van der Waals surface area (Å²) < 4.78 is 6.00. The second-order valence-electron chi connectivity index (χ2n) is 3.35. The van der Waals surface area contributed by atoms with E-state index in [0.717, 1.165) is 0 Å². The van der Waals surface area contributed by atoms with Gasteiger partial charge in [0.2, 0.25) is 5.88 Å². The van der Waals surface area contributed by atoms with Crippen LogP contribution < -0.4 is 10.3 Å². The molecule has 1 heterocycles. The molecule has 5 heteroatoms. The molecule has 1 aromatic carbocycles. The van der Waals surface area contributed by atoms with Crippen molar-refractivity contribution in [2.45, 2.75) is 6.92 Å². The lowest BCUT2D eigenvalue weighted by Crippen LogP contribution is -2.21. The molecular weight excluding hydrogens is 220 g/mol. The minimum Gasteiger partial charge on any atom is -0.406 e. The maximum atomic E-state index is 11.6. The van der Waals surface area contributed by atoms with Crippen LogP contribution in [0, 0.1) is 0 Å².